The third-order valence-corrected chi connectivity index (χ3v) is 4.64. The molecule has 24 heavy (non-hydrogen) atoms. The summed E-state index contributed by atoms with van der Waals surface area (Å²) < 4.78 is 0. The number of nitrogens with one attached hydrogen (secondary N) is 1. The zero-order valence-electron chi connectivity index (χ0n) is 14.3. The van der Waals surface area contributed by atoms with Crippen molar-refractivity contribution in [1.29, 1.82) is 5.26 Å². The van der Waals surface area contributed by atoms with Crippen molar-refractivity contribution in [2.75, 3.05) is 24.5 Å². The SMILES string of the molecule is N#CCCCCNCc1cc2ccccc2nc1N1CCCCC1. The summed E-state index contributed by atoms with van der Waals surface area (Å²) in [5, 5.41) is 13.3. The molecule has 1 aromatic carbocycles. The van der Waals surface area contributed by atoms with Crippen molar-refractivity contribution in [3.8, 4) is 6.07 Å². The Morgan fingerprint density at radius 1 is 1.12 bits per heavy atom. The van der Waals surface area contributed by atoms with Gasteiger partial charge in [-0.15, -0.1) is 0 Å². The van der Waals surface area contributed by atoms with Crippen molar-refractivity contribution in [3.05, 3.63) is 35.9 Å². The van der Waals surface area contributed by atoms with Crippen LogP contribution >= 0.6 is 0 Å². The lowest BCUT2D eigenvalue weighted by molar-refractivity contribution is 0.569. The van der Waals surface area contributed by atoms with Gasteiger partial charge >= 0.3 is 0 Å². The summed E-state index contributed by atoms with van der Waals surface area (Å²) in [4.78, 5) is 7.42. The molecule has 1 aromatic heterocycles. The van der Waals surface area contributed by atoms with Crippen molar-refractivity contribution in [2.24, 2.45) is 0 Å². The van der Waals surface area contributed by atoms with Crippen molar-refractivity contribution < 1.29 is 0 Å². The van der Waals surface area contributed by atoms with Crippen LogP contribution in [0.25, 0.3) is 10.9 Å². The quantitative estimate of drug-likeness (QED) is 0.783. The van der Waals surface area contributed by atoms with Crippen molar-refractivity contribution >= 4 is 16.7 Å². The Hall–Kier alpha value is -2.12. The Morgan fingerprint density at radius 3 is 2.79 bits per heavy atom. The molecule has 1 fully saturated rings. The van der Waals surface area contributed by atoms with Gasteiger partial charge in [-0.05, 0) is 50.8 Å². The summed E-state index contributed by atoms with van der Waals surface area (Å²) in [6.45, 7) is 4.02. The van der Waals surface area contributed by atoms with E-state index in [2.05, 4.69) is 46.6 Å². The van der Waals surface area contributed by atoms with E-state index in [4.69, 9.17) is 10.2 Å². The molecular formula is C20H26N4. The molecule has 126 valence electrons. The van der Waals surface area contributed by atoms with E-state index in [1.165, 1.54) is 30.2 Å². The van der Waals surface area contributed by atoms with Gasteiger partial charge in [0.2, 0.25) is 0 Å². The first-order valence-electron chi connectivity index (χ1n) is 9.10. The number of anilines is 1. The van der Waals surface area contributed by atoms with Gasteiger partial charge in [0.1, 0.15) is 5.82 Å². The molecule has 3 rings (SSSR count). The number of unbranched alkanes of at least 4 members (excludes halogenated alkanes) is 2. The highest BCUT2D eigenvalue weighted by molar-refractivity contribution is 5.81. The van der Waals surface area contributed by atoms with Crippen molar-refractivity contribution in [3.63, 3.8) is 0 Å². The molecule has 0 atom stereocenters. The van der Waals surface area contributed by atoms with E-state index in [1.807, 2.05) is 0 Å². The number of benzene rings is 1. The molecule has 1 aliphatic heterocycles. The lowest BCUT2D eigenvalue weighted by Gasteiger charge is -2.30. The monoisotopic (exact) mass is 322 g/mol. The van der Waals surface area contributed by atoms with E-state index in [1.54, 1.807) is 0 Å². The Bertz CT molecular complexity index is 698. The second-order valence-electron chi connectivity index (χ2n) is 6.50. The highest BCUT2D eigenvalue weighted by atomic mass is 15.2. The first-order chi connectivity index (χ1) is 11.9. The zero-order chi connectivity index (χ0) is 16.6. The third kappa shape index (κ3) is 4.24. The first-order valence-corrected chi connectivity index (χ1v) is 9.10. The summed E-state index contributed by atoms with van der Waals surface area (Å²) >= 11 is 0. The van der Waals surface area contributed by atoms with E-state index in [0.717, 1.165) is 50.4 Å². The van der Waals surface area contributed by atoms with Crippen LogP contribution in [0.2, 0.25) is 0 Å². The van der Waals surface area contributed by atoms with Gasteiger partial charge in [-0.2, -0.15) is 5.26 Å². The topological polar surface area (TPSA) is 52.0 Å². The molecule has 4 heteroatoms. The molecule has 0 amide bonds. The maximum Gasteiger partial charge on any atom is 0.133 e. The van der Waals surface area contributed by atoms with Gasteiger partial charge in [-0.3, -0.25) is 0 Å². The highest BCUT2D eigenvalue weighted by Gasteiger charge is 2.16. The molecule has 0 unspecified atom stereocenters. The van der Waals surface area contributed by atoms with Gasteiger partial charge < -0.3 is 10.2 Å². The Morgan fingerprint density at radius 2 is 1.96 bits per heavy atom. The number of hydrogen-bond donors (Lipinski definition) is 1. The molecular weight excluding hydrogens is 296 g/mol. The van der Waals surface area contributed by atoms with E-state index < -0.39 is 0 Å². The maximum absolute atomic E-state index is 8.60. The molecule has 0 spiro atoms. The summed E-state index contributed by atoms with van der Waals surface area (Å²) in [7, 11) is 0. The number of fused-ring (bicyclic) bond motifs is 1. The molecule has 0 aliphatic carbocycles. The van der Waals surface area contributed by atoms with Crippen LogP contribution in [0.15, 0.2) is 30.3 Å². The van der Waals surface area contributed by atoms with E-state index in [0.29, 0.717) is 6.42 Å². The molecule has 2 aromatic rings. The van der Waals surface area contributed by atoms with Gasteiger partial charge in [-0.1, -0.05) is 18.2 Å². The largest absolute Gasteiger partial charge is 0.356 e. The summed E-state index contributed by atoms with van der Waals surface area (Å²) in [5.41, 5.74) is 2.37. The number of nitrogens with zero attached hydrogens (tertiary/aromatic N) is 3. The van der Waals surface area contributed by atoms with Crippen LogP contribution in [-0.2, 0) is 6.54 Å². The first kappa shape index (κ1) is 16.7. The Balaban J connectivity index is 1.74. The molecule has 0 bridgehead atoms. The molecule has 0 saturated carbocycles. The van der Waals surface area contributed by atoms with Crippen LogP contribution < -0.4 is 10.2 Å². The van der Waals surface area contributed by atoms with Crippen LogP contribution in [0.5, 0.6) is 0 Å². The summed E-state index contributed by atoms with van der Waals surface area (Å²) in [5.74, 6) is 1.15. The average molecular weight is 322 g/mol. The number of piperidine rings is 1. The van der Waals surface area contributed by atoms with Crippen LogP contribution in [-0.4, -0.2) is 24.6 Å². The zero-order valence-corrected chi connectivity index (χ0v) is 14.3. The molecule has 1 saturated heterocycles. The average Bonchev–Trinajstić information content (AvgIpc) is 2.64. The maximum atomic E-state index is 8.60. The molecule has 4 nitrogen and oxygen atoms in total. The minimum atomic E-state index is 0.651. The highest BCUT2D eigenvalue weighted by Crippen LogP contribution is 2.26. The molecule has 1 aliphatic rings. The van der Waals surface area contributed by atoms with E-state index in [-0.39, 0.29) is 0 Å². The number of pyridine rings is 1. The van der Waals surface area contributed by atoms with Crippen LogP contribution in [0, 0.1) is 11.3 Å². The smallest absolute Gasteiger partial charge is 0.133 e. The van der Waals surface area contributed by atoms with E-state index >= 15 is 0 Å². The Labute approximate surface area is 144 Å². The number of para-hydroxylation sites is 1. The van der Waals surface area contributed by atoms with Gasteiger partial charge in [0.15, 0.2) is 0 Å². The van der Waals surface area contributed by atoms with E-state index in [9.17, 15) is 0 Å². The standard InChI is InChI=1S/C20H26N4/c21-11-5-1-6-12-22-16-18-15-17-9-3-4-10-19(17)23-20(18)24-13-7-2-8-14-24/h3-4,9-10,15,22H,1-2,5-8,12-14,16H2. The van der Waals surface area contributed by atoms with Gasteiger partial charge in [0.05, 0.1) is 11.6 Å². The molecule has 0 radical (unpaired) electrons. The second-order valence-corrected chi connectivity index (χ2v) is 6.50. The minimum Gasteiger partial charge on any atom is -0.356 e. The van der Waals surface area contributed by atoms with Crippen LogP contribution in [0.3, 0.4) is 0 Å². The Kier molecular flexibility index (Phi) is 6.03. The molecule has 1 N–H and O–H groups in total. The normalized spacial score (nSPS) is 14.7. The number of nitriles is 1. The fourth-order valence-corrected chi connectivity index (χ4v) is 3.34. The molecule has 2 heterocycles. The summed E-state index contributed by atoms with van der Waals surface area (Å²) in [6, 6.07) is 12.9. The number of aromatic nitrogens is 1. The predicted molar refractivity (Wildman–Crippen MR) is 99.0 cm³/mol. The van der Waals surface area contributed by atoms with Gasteiger partial charge in [0, 0.05) is 37.0 Å². The van der Waals surface area contributed by atoms with Crippen LogP contribution in [0.1, 0.15) is 44.1 Å². The van der Waals surface area contributed by atoms with Crippen molar-refractivity contribution in [1.82, 2.24) is 10.3 Å². The van der Waals surface area contributed by atoms with Crippen molar-refractivity contribution in [2.45, 2.75) is 45.1 Å². The van der Waals surface area contributed by atoms with Gasteiger partial charge in [0.25, 0.3) is 0 Å². The fraction of sp³-hybridized carbons (Fsp3) is 0.500. The number of hydrogen-bond acceptors (Lipinski definition) is 4. The predicted octanol–water partition coefficient (Wildman–Crippen LogP) is 4.01. The second kappa shape index (κ2) is 8.65. The number of rotatable bonds is 7. The fourth-order valence-electron chi connectivity index (χ4n) is 3.34. The summed E-state index contributed by atoms with van der Waals surface area (Å²) in [6.07, 6.45) is 6.52. The third-order valence-electron chi connectivity index (χ3n) is 4.64. The lowest BCUT2D eigenvalue weighted by Crippen LogP contribution is -2.31. The lowest BCUT2D eigenvalue weighted by atomic mass is 10.1. The van der Waals surface area contributed by atoms with Crippen LogP contribution in [0.4, 0.5) is 5.82 Å². The minimum absolute atomic E-state index is 0.651. The van der Waals surface area contributed by atoms with Gasteiger partial charge in [-0.25, -0.2) is 4.98 Å².